The molecule has 1 saturated carbocycles. The normalized spacial score (nSPS) is 28.7. The Labute approximate surface area is 129 Å². The molecule has 3 rings (SSSR count). The van der Waals surface area contributed by atoms with Gasteiger partial charge in [-0.15, -0.1) is 0 Å². The van der Waals surface area contributed by atoms with Crippen LogP contribution in [0.3, 0.4) is 0 Å². The number of nitrogens with two attached hydrogens (primary N) is 1. The first-order chi connectivity index (χ1) is 10.3. The third-order valence-electron chi connectivity index (χ3n) is 5.46. The maximum atomic E-state index is 6.37. The Morgan fingerprint density at radius 1 is 1.05 bits per heavy atom. The van der Waals surface area contributed by atoms with E-state index in [-0.39, 0.29) is 0 Å². The van der Waals surface area contributed by atoms with E-state index in [2.05, 4.69) is 36.1 Å². The summed E-state index contributed by atoms with van der Waals surface area (Å²) in [6.07, 6.45) is 9.28. The van der Waals surface area contributed by atoms with Crippen LogP contribution in [0.5, 0.6) is 0 Å². The van der Waals surface area contributed by atoms with Crippen molar-refractivity contribution >= 4 is 0 Å². The minimum Gasteiger partial charge on any atom is -0.327 e. The zero-order valence-electron chi connectivity index (χ0n) is 13.4. The van der Waals surface area contributed by atoms with E-state index in [1.165, 1.54) is 49.8 Å². The van der Waals surface area contributed by atoms with Crippen LogP contribution in [0.4, 0.5) is 0 Å². The number of hydrogen-bond donors (Lipinski definition) is 1. The van der Waals surface area contributed by atoms with Gasteiger partial charge < -0.3 is 5.73 Å². The van der Waals surface area contributed by atoms with E-state index in [4.69, 9.17) is 5.73 Å². The molecule has 2 unspecified atom stereocenters. The van der Waals surface area contributed by atoms with Gasteiger partial charge in [-0.3, -0.25) is 4.90 Å². The molecule has 2 heteroatoms. The van der Waals surface area contributed by atoms with Gasteiger partial charge in [0.05, 0.1) is 0 Å². The molecule has 0 spiro atoms. The number of piperidine rings is 1. The van der Waals surface area contributed by atoms with Gasteiger partial charge in [0.15, 0.2) is 0 Å². The van der Waals surface area contributed by atoms with E-state index in [0.717, 1.165) is 25.4 Å². The highest BCUT2D eigenvalue weighted by molar-refractivity contribution is 5.26. The summed E-state index contributed by atoms with van der Waals surface area (Å²) >= 11 is 0. The molecule has 1 saturated heterocycles. The highest BCUT2D eigenvalue weighted by atomic mass is 15.2. The van der Waals surface area contributed by atoms with Crippen LogP contribution in [0, 0.1) is 0 Å². The minimum absolute atomic E-state index is 0.344. The first-order valence-electron chi connectivity index (χ1n) is 8.84. The molecular weight excluding hydrogens is 256 g/mol. The van der Waals surface area contributed by atoms with Crippen LogP contribution < -0.4 is 5.73 Å². The van der Waals surface area contributed by atoms with E-state index in [1.807, 2.05) is 0 Å². The zero-order chi connectivity index (χ0) is 14.7. The summed E-state index contributed by atoms with van der Waals surface area (Å²) in [5.41, 5.74) is 9.30. The van der Waals surface area contributed by atoms with Crippen molar-refractivity contribution in [2.75, 3.05) is 13.1 Å². The molecule has 1 aromatic rings. The molecule has 0 amide bonds. The Morgan fingerprint density at radius 2 is 1.76 bits per heavy atom. The maximum absolute atomic E-state index is 6.37. The summed E-state index contributed by atoms with van der Waals surface area (Å²) in [6.45, 7) is 4.54. The van der Waals surface area contributed by atoms with Gasteiger partial charge >= 0.3 is 0 Å². The van der Waals surface area contributed by atoms with E-state index in [0.29, 0.717) is 12.0 Å². The van der Waals surface area contributed by atoms with Crippen molar-refractivity contribution in [3.8, 4) is 0 Å². The lowest BCUT2D eigenvalue weighted by atomic mass is 9.85. The third-order valence-corrected chi connectivity index (χ3v) is 5.46. The first-order valence-corrected chi connectivity index (χ1v) is 8.84. The number of likely N-dealkylation sites (tertiary alicyclic amines) is 1. The topological polar surface area (TPSA) is 29.3 Å². The number of benzene rings is 1. The Balaban J connectivity index is 1.69. The van der Waals surface area contributed by atoms with Gasteiger partial charge in [-0.05, 0) is 42.7 Å². The molecule has 1 heterocycles. The number of aryl methyl sites for hydroxylation is 1. The molecule has 2 aliphatic rings. The lowest BCUT2D eigenvalue weighted by Gasteiger charge is -2.42. The second kappa shape index (κ2) is 6.93. The van der Waals surface area contributed by atoms with E-state index in [1.54, 1.807) is 0 Å². The van der Waals surface area contributed by atoms with Crippen molar-refractivity contribution in [1.82, 2.24) is 4.90 Å². The van der Waals surface area contributed by atoms with Gasteiger partial charge in [0, 0.05) is 25.2 Å². The highest BCUT2D eigenvalue weighted by Gasteiger charge is 2.30. The summed E-state index contributed by atoms with van der Waals surface area (Å²) in [6, 6.07) is 10.4. The summed E-state index contributed by atoms with van der Waals surface area (Å²) in [4.78, 5) is 2.70. The molecule has 1 aliphatic carbocycles. The standard InChI is InChI=1S/C19H30N2/c1-2-15-8-10-16(11-9-15)17-12-18(20)14-21(13-17)19-6-4-3-5-7-19/h8-11,17-19H,2-7,12-14,20H2,1H3. The van der Waals surface area contributed by atoms with Crippen LogP contribution in [0.1, 0.15) is 62.5 Å². The molecule has 0 radical (unpaired) electrons. The Morgan fingerprint density at radius 3 is 2.43 bits per heavy atom. The molecule has 21 heavy (non-hydrogen) atoms. The molecular formula is C19H30N2. The van der Waals surface area contributed by atoms with Gasteiger partial charge in [0.1, 0.15) is 0 Å². The van der Waals surface area contributed by atoms with Gasteiger partial charge in [-0.1, -0.05) is 50.5 Å². The van der Waals surface area contributed by atoms with E-state index < -0.39 is 0 Å². The zero-order valence-corrected chi connectivity index (χ0v) is 13.4. The van der Waals surface area contributed by atoms with Crippen LogP contribution in [0.2, 0.25) is 0 Å². The molecule has 2 fully saturated rings. The number of rotatable bonds is 3. The SMILES string of the molecule is CCc1ccc(C2CC(N)CN(C3CCCCC3)C2)cc1. The van der Waals surface area contributed by atoms with Crippen molar-refractivity contribution in [3.63, 3.8) is 0 Å². The Bertz CT molecular complexity index is 433. The summed E-state index contributed by atoms with van der Waals surface area (Å²) in [5.74, 6) is 0.626. The molecule has 116 valence electrons. The van der Waals surface area contributed by atoms with Gasteiger partial charge in [0.25, 0.3) is 0 Å². The lowest BCUT2D eigenvalue weighted by Crippen LogP contribution is -2.50. The molecule has 2 N–H and O–H groups in total. The first kappa shape index (κ1) is 15.1. The monoisotopic (exact) mass is 286 g/mol. The minimum atomic E-state index is 0.344. The number of hydrogen-bond acceptors (Lipinski definition) is 2. The maximum Gasteiger partial charge on any atom is 0.0174 e. The average molecular weight is 286 g/mol. The molecule has 0 aromatic heterocycles. The predicted molar refractivity (Wildman–Crippen MR) is 89.6 cm³/mol. The van der Waals surface area contributed by atoms with Crippen LogP contribution in [-0.2, 0) is 6.42 Å². The van der Waals surface area contributed by atoms with E-state index >= 15 is 0 Å². The quantitative estimate of drug-likeness (QED) is 0.918. The van der Waals surface area contributed by atoms with Crippen LogP contribution >= 0.6 is 0 Å². The van der Waals surface area contributed by atoms with Crippen LogP contribution in [0.25, 0.3) is 0 Å². The predicted octanol–water partition coefficient (Wildman–Crippen LogP) is 3.70. The summed E-state index contributed by atoms with van der Waals surface area (Å²) in [7, 11) is 0. The number of nitrogens with zero attached hydrogens (tertiary/aromatic N) is 1. The fraction of sp³-hybridized carbons (Fsp3) is 0.684. The fourth-order valence-electron chi connectivity index (χ4n) is 4.18. The summed E-state index contributed by atoms with van der Waals surface area (Å²) < 4.78 is 0. The second-order valence-electron chi connectivity index (χ2n) is 7.03. The lowest BCUT2D eigenvalue weighted by molar-refractivity contribution is 0.107. The van der Waals surface area contributed by atoms with Crippen molar-refractivity contribution in [1.29, 1.82) is 0 Å². The van der Waals surface area contributed by atoms with Crippen molar-refractivity contribution in [2.24, 2.45) is 5.73 Å². The average Bonchev–Trinajstić information content (AvgIpc) is 2.55. The summed E-state index contributed by atoms with van der Waals surface area (Å²) in [5, 5.41) is 0. The van der Waals surface area contributed by atoms with Crippen LogP contribution in [0.15, 0.2) is 24.3 Å². The largest absolute Gasteiger partial charge is 0.327 e. The molecule has 2 nitrogen and oxygen atoms in total. The van der Waals surface area contributed by atoms with Gasteiger partial charge in [0.2, 0.25) is 0 Å². The molecule has 1 aliphatic heterocycles. The van der Waals surface area contributed by atoms with Crippen LogP contribution in [-0.4, -0.2) is 30.1 Å². The van der Waals surface area contributed by atoms with Gasteiger partial charge in [-0.2, -0.15) is 0 Å². The van der Waals surface area contributed by atoms with Crippen molar-refractivity contribution < 1.29 is 0 Å². The smallest absolute Gasteiger partial charge is 0.0174 e. The highest BCUT2D eigenvalue weighted by Crippen LogP contribution is 2.31. The molecule has 1 aromatic carbocycles. The third kappa shape index (κ3) is 3.67. The molecule has 0 bridgehead atoms. The van der Waals surface area contributed by atoms with E-state index in [9.17, 15) is 0 Å². The molecule has 2 atom stereocenters. The van der Waals surface area contributed by atoms with Crippen molar-refractivity contribution in [3.05, 3.63) is 35.4 Å². The Kier molecular flexibility index (Phi) is 4.97. The fourth-order valence-corrected chi connectivity index (χ4v) is 4.18. The second-order valence-corrected chi connectivity index (χ2v) is 7.03. The van der Waals surface area contributed by atoms with Gasteiger partial charge in [-0.25, -0.2) is 0 Å². The Hall–Kier alpha value is -0.860. The van der Waals surface area contributed by atoms with Crippen molar-refractivity contribution in [2.45, 2.75) is 69.9 Å².